The Bertz CT molecular complexity index is 704. The predicted molar refractivity (Wildman–Crippen MR) is 123 cm³/mol. The van der Waals surface area contributed by atoms with Gasteiger partial charge in [0.05, 0.1) is 26.4 Å². The van der Waals surface area contributed by atoms with E-state index < -0.39 is 6.10 Å². The molecule has 0 aliphatic carbocycles. The Hall–Kier alpha value is -1.77. The van der Waals surface area contributed by atoms with Crippen LogP contribution in [0.25, 0.3) is 0 Å². The van der Waals surface area contributed by atoms with E-state index in [0.717, 1.165) is 43.5 Å². The van der Waals surface area contributed by atoms with Crippen molar-refractivity contribution < 1.29 is 19.3 Å². The molecule has 1 N–H and O–H groups in total. The van der Waals surface area contributed by atoms with Crippen molar-refractivity contribution in [3.8, 4) is 11.5 Å². The van der Waals surface area contributed by atoms with Crippen LogP contribution in [0, 0.1) is 0 Å². The second-order valence-corrected chi connectivity index (χ2v) is 6.73. The van der Waals surface area contributed by atoms with Crippen molar-refractivity contribution in [1.82, 2.24) is 9.88 Å². The number of methoxy groups -OCH3 is 1. The number of piperazine rings is 1. The van der Waals surface area contributed by atoms with E-state index in [1.807, 2.05) is 48.7 Å². The number of aromatic nitrogens is 1. The molecule has 0 amide bonds. The summed E-state index contributed by atoms with van der Waals surface area (Å²) in [6.07, 6.45) is 1.32. The Kier molecular flexibility index (Phi) is 12.5. The molecule has 168 valence electrons. The summed E-state index contributed by atoms with van der Waals surface area (Å²) < 4.78 is 16.3. The number of hydrogen-bond acceptors (Lipinski definition) is 7. The molecule has 1 unspecified atom stereocenters. The molecule has 0 bridgehead atoms. The molecule has 2 aromatic rings. The third-order valence-electron chi connectivity index (χ3n) is 4.66. The highest BCUT2D eigenvalue weighted by molar-refractivity contribution is 5.85. The largest absolute Gasteiger partial charge is 0.497 e. The number of nitrogens with zero attached hydrogens (tertiary/aromatic N) is 3. The van der Waals surface area contributed by atoms with Gasteiger partial charge in [-0.3, -0.25) is 4.90 Å². The van der Waals surface area contributed by atoms with Crippen molar-refractivity contribution in [3.63, 3.8) is 0 Å². The SMILES string of the molecule is COc1cccc(OCCOCC(O)CN2CCN(c3ccccn3)CC2)c1.Cl.Cl. The number of aliphatic hydroxyl groups excluding tert-OH is 1. The standard InChI is InChI=1S/C21H29N3O4.2ClH/c1-26-19-5-4-6-20(15-19)28-14-13-27-17-18(25)16-23-9-11-24(12-10-23)21-7-2-3-8-22-21;;/h2-8,15,18,25H,9-14,16-17H2,1H3;2*1H. The van der Waals surface area contributed by atoms with Gasteiger partial charge in [-0.2, -0.15) is 0 Å². The molecule has 1 aliphatic rings. The first-order valence-corrected chi connectivity index (χ1v) is 9.65. The Morgan fingerprint density at radius 2 is 1.77 bits per heavy atom. The maximum atomic E-state index is 10.2. The molecule has 0 spiro atoms. The molecule has 1 aliphatic heterocycles. The Morgan fingerprint density at radius 3 is 2.47 bits per heavy atom. The summed E-state index contributed by atoms with van der Waals surface area (Å²) in [6, 6.07) is 13.4. The van der Waals surface area contributed by atoms with Crippen molar-refractivity contribution in [2.24, 2.45) is 0 Å². The number of hydrogen-bond donors (Lipinski definition) is 1. The van der Waals surface area contributed by atoms with Gasteiger partial charge in [-0.1, -0.05) is 12.1 Å². The summed E-state index contributed by atoms with van der Waals surface area (Å²) in [5, 5.41) is 10.2. The van der Waals surface area contributed by atoms with Crippen molar-refractivity contribution in [2.45, 2.75) is 6.10 Å². The third-order valence-corrected chi connectivity index (χ3v) is 4.66. The predicted octanol–water partition coefficient (Wildman–Crippen LogP) is 2.51. The fraction of sp³-hybridized carbons (Fsp3) is 0.476. The lowest BCUT2D eigenvalue weighted by atomic mass is 10.2. The van der Waals surface area contributed by atoms with Crippen molar-refractivity contribution in [1.29, 1.82) is 0 Å². The summed E-state index contributed by atoms with van der Waals surface area (Å²) in [4.78, 5) is 8.93. The van der Waals surface area contributed by atoms with Crippen LogP contribution in [0.3, 0.4) is 0 Å². The van der Waals surface area contributed by atoms with E-state index in [1.54, 1.807) is 7.11 Å². The number of benzene rings is 1. The molecule has 30 heavy (non-hydrogen) atoms. The van der Waals surface area contributed by atoms with Gasteiger partial charge < -0.3 is 24.2 Å². The zero-order valence-electron chi connectivity index (χ0n) is 17.2. The number of anilines is 1. The van der Waals surface area contributed by atoms with Crippen LogP contribution in [-0.2, 0) is 4.74 Å². The highest BCUT2D eigenvalue weighted by Gasteiger charge is 2.20. The minimum atomic E-state index is -0.502. The Balaban J connectivity index is 0.00000225. The molecule has 1 aromatic heterocycles. The summed E-state index contributed by atoms with van der Waals surface area (Å²) in [7, 11) is 1.63. The van der Waals surface area contributed by atoms with Gasteiger partial charge >= 0.3 is 0 Å². The Labute approximate surface area is 190 Å². The number of pyridine rings is 1. The lowest BCUT2D eigenvalue weighted by Gasteiger charge is -2.36. The van der Waals surface area contributed by atoms with E-state index in [0.29, 0.717) is 26.4 Å². The molecule has 1 aromatic carbocycles. The number of halogens is 2. The zero-order valence-corrected chi connectivity index (χ0v) is 18.8. The molecule has 2 heterocycles. The zero-order chi connectivity index (χ0) is 19.6. The van der Waals surface area contributed by atoms with Crippen LogP contribution in [0.5, 0.6) is 11.5 Å². The molecule has 7 nitrogen and oxygen atoms in total. The molecule has 1 saturated heterocycles. The molecule has 0 radical (unpaired) electrons. The highest BCUT2D eigenvalue weighted by Crippen LogP contribution is 2.18. The second-order valence-electron chi connectivity index (χ2n) is 6.73. The fourth-order valence-corrected chi connectivity index (χ4v) is 3.18. The first kappa shape index (κ1) is 26.3. The van der Waals surface area contributed by atoms with Gasteiger partial charge in [0.2, 0.25) is 0 Å². The average Bonchev–Trinajstić information content (AvgIpc) is 2.75. The van der Waals surface area contributed by atoms with E-state index in [9.17, 15) is 5.11 Å². The van der Waals surface area contributed by atoms with E-state index in [-0.39, 0.29) is 24.8 Å². The molecule has 0 saturated carbocycles. The quantitative estimate of drug-likeness (QED) is 0.547. The van der Waals surface area contributed by atoms with Crippen LogP contribution in [0.15, 0.2) is 48.7 Å². The molecular weight excluding hydrogens is 429 g/mol. The summed E-state index contributed by atoms with van der Waals surface area (Å²) in [5.41, 5.74) is 0. The minimum Gasteiger partial charge on any atom is -0.497 e. The van der Waals surface area contributed by atoms with Crippen molar-refractivity contribution in [2.75, 3.05) is 64.6 Å². The lowest BCUT2D eigenvalue weighted by molar-refractivity contribution is 0.00715. The molecular formula is C21H31Cl2N3O4. The van der Waals surface area contributed by atoms with Gasteiger partial charge in [0.25, 0.3) is 0 Å². The van der Waals surface area contributed by atoms with Crippen LogP contribution >= 0.6 is 24.8 Å². The maximum Gasteiger partial charge on any atom is 0.128 e. The topological polar surface area (TPSA) is 67.3 Å². The fourth-order valence-electron chi connectivity index (χ4n) is 3.18. The van der Waals surface area contributed by atoms with E-state index >= 15 is 0 Å². The summed E-state index contributed by atoms with van der Waals surface area (Å²) >= 11 is 0. The average molecular weight is 460 g/mol. The van der Waals surface area contributed by atoms with Crippen LogP contribution in [0.1, 0.15) is 0 Å². The van der Waals surface area contributed by atoms with Crippen LogP contribution in [-0.4, -0.2) is 80.7 Å². The van der Waals surface area contributed by atoms with E-state index in [4.69, 9.17) is 14.2 Å². The maximum absolute atomic E-state index is 10.2. The van der Waals surface area contributed by atoms with Crippen molar-refractivity contribution >= 4 is 30.6 Å². The molecule has 9 heteroatoms. The highest BCUT2D eigenvalue weighted by atomic mass is 35.5. The summed E-state index contributed by atoms with van der Waals surface area (Å²) in [5.74, 6) is 2.52. The number of ether oxygens (including phenoxy) is 3. The van der Waals surface area contributed by atoms with Gasteiger partial charge in [0.1, 0.15) is 23.9 Å². The van der Waals surface area contributed by atoms with Gasteiger partial charge in [-0.15, -0.1) is 24.8 Å². The van der Waals surface area contributed by atoms with Crippen LogP contribution in [0.2, 0.25) is 0 Å². The first-order chi connectivity index (χ1) is 13.7. The lowest BCUT2D eigenvalue weighted by Crippen LogP contribution is -2.49. The van der Waals surface area contributed by atoms with Crippen molar-refractivity contribution in [3.05, 3.63) is 48.7 Å². The van der Waals surface area contributed by atoms with Gasteiger partial charge in [-0.25, -0.2) is 4.98 Å². The number of aliphatic hydroxyl groups is 1. The molecule has 3 rings (SSSR count). The van der Waals surface area contributed by atoms with Gasteiger partial charge in [0, 0.05) is 45.0 Å². The third kappa shape index (κ3) is 8.53. The van der Waals surface area contributed by atoms with Crippen LogP contribution in [0.4, 0.5) is 5.82 Å². The smallest absolute Gasteiger partial charge is 0.128 e. The minimum absolute atomic E-state index is 0. The second kappa shape index (κ2) is 14.3. The number of rotatable bonds is 10. The normalized spacial score (nSPS) is 14.9. The summed E-state index contributed by atoms with van der Waals surface area (Å²) in [6.45, 7) is 5.44. The number of β-amino-alcohol motifs (C(OH)–C–C–N with tert-alkyl or cyclic N) is 1. The molecule has 1 fully saturated rings. The molecule has 1 atom stereocenters. The van der Waals surface area contributed by atoms with E-state index in [1.165, 1.54) is 0 Å². The van der Waals surface area contributed by atoms with E-state index in [2.05, 4.69) is 14.8 Å². The monoisotopic (exact) mass is 459 g/mol. The first-order valence-electron chi connectivity index (χ1n) is 9.65. The van der Waals surface area contributed by atoms with Gasteiger partial charge in [-0.05, 0) is 24.3 Å². The van der Waals surface area contributed by atoms with Crippen LogP contribution < -0.4 is 14.4 Å². The van der Waals surface area contributed by atoms with Gasteiger partial charge in [0.15, 0.2) is 0 Å². The Morgan fingerprint density at radius 1 is 1.00 bits per heavy atom.